The van der Waals surface area contributed by atoms with Crippen LogP contribution in [0.15, 0.2) is 35.3 Å². The monoisotopic (exact) mass is 275 g/mol. The first-order valence-electron chi connectivity index (χ1n) is 7.61. The zero-order valence-corrected chi connectivity index (χ0v) is 12.3. The van der Waals surface area contributed by atoms with Crippen molar-refractivity contribution in [3.8, 4) is 5.75 Å². The molecule has 0 atom stereocenters. The third kappa shape index (κ3) is 4.76. The molecule has 1 heterocycles. The third-order valence-electron chi connectivity index (χ3n) is 3.32. The molecule has 1 saturated heterocycles. The second kappa shape index (κ2) is 8.46. The maximum absolute atomic E-state index is 5.67. The first-order valence-corrected chi connectivity index (χ1v) is 7.61. The van der Waals surface area contributed by atoms with Crippen LogP contribution in [0.5, 0.6) is 5.75 Å². The number of guanidine groups is 1. The largest absolute Gasteiger partial charge is 0.494 e. The summed E-state index contributed by atoms with van der Waals surface area (Å²) < 4.78 is 5.67. The molecule has 0 spiro atoms. The maximum atomic E-state index is 5.67. The van der Waals surface area contributed by atoms with Crippen LogP contribution >= 0.6 is 0 Å². The summed E-state index contributed by atoms with van der Waals surface area (Å²) in [5.41, 5.74) is 0. The highest BCUT2D eigenvalue weighted by Gasteiger charge is 2.14. The first kappa shape index (κ1) is 14.7. The van der Waals surface area contributed by atoms with E-state index >= 15 is 0 Å². The van der Waals surface area contributed by atoms with E-state index in [2.05, 4.69) is 22.1 Å². The number of ether oxygens (including phenoxy) is 1. The van der Waals surface area contributed by atoms with Gasteiger partial charge < -0.3 is 15.0 Å². The van der Waals surface area contributed by atoms with Crippen molar-refractivity contribution in [2.75, 3.05) is 32.8 Å². The Hall–Kier alpha value is -1.71. The summed E-state index contributed by atoms with van der Waals surface area (Å²) in [7, 11) is 0. The highest BCUT2D eigenvalue weighted by Crippen LogP contribution is 2.09. The fourth-order valence-electron chi connectivity index (χ4n) is 2.31. The van der Waals surface area contributed by atoms with Crippen LogP contribution in [-0.2, 0) is 0 Å². The highest BCUT2D eigenvalue weighted by molar-refractivity contribution is 5.80. The molecule has 0 unspecified atom stereocenters. The van der Waals surface area contributed by atoms with Crippen LogP contribution in [0, 0.1) is 0 Å². The van der Waals surface area contributed by atoms with E-state index in [1.165, 1.54) is 12.8 Å². The van der Waals surface area contributed by atoms with Crippen LogP contribution in [0.25, 0.3) is 0 Å². The van der Waals surface area contributed by atoms with E-state index in [9.17, 15) is 0 Å². The van der Waals surface area contributed by atoms with Crippen LogP contribution in [0.3, 0.4) is 0 Å². The van der Waals surface area contributed by atoms with Crippen LogP contribution in [0.1, 0.15) is 26.2 Å². The quantitative estimate of drug-likeness (QED) is 0.492. The van der Waals surface area contributed by atoms with Gasteiger partial charge in [-0.15, -0.1) is 0 Å². The molecule has 1 fully saturated rings. The fourth-order valence-corrected chi connectivity index (χ4v) is 2.31. The van der Waals surface area contributed by atoms with Gasteiger partial charge in [0, 0.05) is 32.6 Å². The molecule has 1 aromatic carbocycles. The van der Waals surface area contributed by atoms with Crippen molar-refractivity contribution < 1.29 is 4.74 Å². The average Bonchev–Trinajstić information content (AvgIpc) is 3.01. The van der Waals surface area contributed by atoms with Crippen molar-refractivity contribution in [1.29, 1.82) is 0 Å². The minimum Gasteiger partial charge on any atom is -0.494 e. The molecular formula is C16H25N3O. The van der Waals surface area contributed by atoms with Gasteiger partial charge in [-0.05, 0) is 31.9 Å². The summed E-state index contributed by atoms with van der Waals surface area (Å²) in [6.07, 6.45) is 3.50. The van der Waals surface area contributed by atoms with E-state index in [-0.39, 0.29) is 0 Å². The summed E-state index contributed by atoms with van der Waals surface area (Å²) in [6, 6.07) is 9.94. The number of para-hydroxylation sites is 1. The molecule has 1 N–H and O–H groups in total. The average molecular weight is 275 g/mol. The lowest BCUT2D eigenvalue weighted by molar-refractivity contribution is 0.313. The van der Waals surface area contributed by atoms with Crippen molar-refractivity contribution in [2.45, 2.75) is 26.2 Å². The van der Waals surface area contributed by atoms with Gasteiger partial charge in [-0.1, -0.05) is 18.2 Å². The van der Waals surface area contributed by atoms with Crippen LogP contribution < -0.4 is 10.1 Å². The molecule has 0 radical (unpaired) electrons. The molecule has 110 valence electrons. The lowest BCUT2D eigenvalue weighted by Gasteiger charge is -2.20. The molecule has 1 aliphatic rings. The Morgan fingerprint density at radius 3 is 2.70 bits per heavy atom. The predicted octanol–water partition coefficient (Wildman–Crippen LogP) is 2.52. The number of nitrogens with zero attached hydrogens (tertiary/aromatic N) is 2. The number of likely N-dealkylation sites (tertiary alicyclic amines) is 1. The molecular weight excluding hydrogens is 250 g/mol. The molecule has 0 aromatic heterocycles. The molecule has 0 amide bonds. The fraction of sp³-hybridized carbons (Fsp3) is 0.562. The Morgan fingerprint density at radius 2 is 2.00 bits per heavy atom. The van der Waals surface area contributed by atoms with Crippen LogP contribution in [-0.4, -0.2) is 43.6 Å². The van der Waals surface area contributed by atoms with E-state index in [4.69, 9.17) is 4.74 Å². The summed E-state index contributed by atoms with van der Waals surface area (Å²) >= 11 is 0. The van der Waals surface area contributed by atoms with Crippen molar-refractivity contribution >= 4 is 5.96 Å². The van der Waals surface area contributed by atoms with E-state index in [0.717, 1.165) is 44.3 Å². The van der Waals surface area contributed by atoms with E-state index in [1.54, 1.807) is 0 Å². The molecule has 4 nitrogen and oxygen atoms in total. The Morgan fingerprint density at radius 1 is 1.25 bits per heavy atom. The Kier molecular flexibility index (Phi) is 6.21. The molecule has 0 saturated carbocycles. The number of hydrogen-bond donors (Lipinski definition) is 1. The van der Waals surface area contributed by atoms with E-state index in [1.807, 2.05) is 30.3 Å². The van der Waals surface area contributed by atoms with Gasteiger partial charge >= 0.3 is 0 Å². The van der Waals surface area contributed by atoms with E-state index in [0.29, 0.717) is 6.61 Å². The predicted molar refractivity (Wildman–Crippen MR) is 83.3 cm³/mol. The topological polar surface area (TPSA) is 36.9 Å². The van der Waals surface area contributed by atoms with Crippen LogP contribution in [0.4, 0.5) is 0 Å². The SMILES string of the molecule is CCNC(=NCCCOc1ccccc1)N1CCCC1. The number of nitrogens with one attached hydrogen (secondary N) is 1. The standard InChI is InChI=1S/C16H25N3O/c1-2-17-16(19-12-6-7-13-19)18-11-8-14-20-15-9-4-3-5-10-15/h3-5,9-10H,2,6-8,11-14H2,1H3,(H,17,18). The van der Waals surface area contributed by atoms with Gasteiger partial charge in [0.1, 0.15) is 5.75 Å². The molecule has 1 aromatic rings. The number of aliphatic imine (C=N–C) groups is 1. The van der Waals surface area contributed by atoms with Gasteiger partial charge in [-0.25, -0.2) is 0 Å². The van der Waals surface area contributed by atoms with Crippen molar-refractivity contribution in [3.05, 3.63) is 30.3 Å². The number of benzene rings is 1. The van der Waals surface area contributed by atoms with Gasteiger partial charge in [-0.2, -0.15) is 0 Å². The normalized spacial score (nSPS) is 15.4. The molecule has 4 heteroatoms. The van der Waals surface area contributed by atoms with Crippen molar-refractivity contribution in [2.24, 2.45) is 4.99 Å². The van der Waals surface area contributed by atoms with E-state index < -0.39 is 0 Å². The summed E-state index contributed by atoms with van der Waals surface area (Å²) in [4.78, 5) is 7.03. The van der Waals surface area contributed by atoms with Crippen molar-refractivity contribution in [1.82, 2.24) is 10.2 Å². The Balaban J connectivity index is 1.70. The zero-order chi connectivity index (χ0) is 14.0. The Bertz CT molecular complexity index is 399. The van der Waals surface area contributed by atoms with Gasteiger partial charge in [0.05, 0.1) is 6.61 Å². The summed E-state index contributed by atoms with van der Waals surface area (Å²) in [6.45, 7) is 6.83. The minimum absolute atomic E-state index is 0.715. The summed E-state index contributed by atoms with van der Waals surface area (Å²) in [5.74, 6) is 1.99. The van der Waals surface area contributed by atoms with Gasteiger partial charge in [0.15, 0.2) is 5.96 Å². The Labute approximate surface area is 121 Å². The van der Waals surface area contributed by atoms with Gasteiger partial charge in [-0.3, -0.25) is 4.99 Å². The minimum atomic E-state index is 0.715. The first-order chi connectivity index (χ1) is 9.90. The number of hydrogen-bond acceptors (Lipinski definition) is 2. The number of rotatable bonds is 6. The molecule has 2 rings (SSSR count). The van der Waals surface area contributed by atoms with Gasteiger partial charge in [0.25, 0.3) is 0 Å². The lowest BCUT2D eigenvalue weighted by Crippen LogP contribution is -2.39. The highest BCUT2D eigenvalue weighted by atomic mass is 16.5. The smallest absolute Gasteiger partial charge is 0.193 e. The molecule has 0 bridgehead atoms. The second-order valence-electron chi connectivity index (χ2n) is 4.94. The molecule has 0 aliphatic carbocycles. The van der Waals surface area contributed by atoms with Crippen LogP contribution in [0.2, 0.25) is 0 Å². The molecule has 20 heavy (non-hydrogen) atoms. The van der Waals surface area contributed by atoms with Gasteiger partial charge in [0.2, 0.25) is 0 Å². The van der Waals surface area contributed by atoms with Crippen molar-refractivity contribution in [3.63, 3.8) is 0 Å². The lowest BCUT2D eigenvalue weighted by atomic mass is 10.3. The molecule has 1 aliphatic heterocycles. The maximum Gasteiger partial charge on any atom is 0.193 e. The summed E-state index contributed by atoms with van der Waals surface area (Å²) in [5, 5.41) is 3.37. The second-order valence-corrected chi connectivity index (χ2v) is 4.94. The zero-order valence-electron chi connectivity index (χ0n) is 12.3. The third-order valence-corrected chi connectivity index (χ3v) is 3.32.